The molecule has 0 aromatic heterocycles. The van der Waals surface area contributed by atoms with Gasteiger partial charge in [0.25, 0.3) is 5.91 Å². The van der Waals surface area contributed by atoms with Gasteiger partial charge in [-0.05, 0) is 49.9 Å². The molecule has 8 nitrogen and oxygen atoms in total. The Labute approximate surface area is 201 Å². The number of aliphatic hydroxyl groups is 1. The number of likely N-dealkylation sites (N-methyl/N-ethyl adjacent to an activating group) is 1. The molecule has 2 aromatic rings. The summed E-state index contributed by atoms with van der Waals surface area (Å²) in [6.45, 7) is 6.07. The smallest absolute Gasteiger partial charge is 0.258 e. The first-order valence-electron chi connectivity index (χ1n) is 11.7. The van der Waals surface area contributed by atoms with Crippen molar-refractivity contribution in [3.8, 4) is 17.2 Å². The van der Waals surface area contributed by atoms with Crippen LogP contribution in [-0.4, -0.2) is 80.6 Å². The lowest BCUT2D eigenvalue weighted by molar-refractivity contribution is 0.0341. The molecule has 1 N–H and O–H groups in total. The number of carbonyl (C=O) groups excluding carboxylic acids is 1. The van der Waals surface area contributed by atoms with Gasteiger partial charge in [0.15, 0.2) is 11.5 Å². The summed E-state index contributed by atoms with van der Waals surface area (Å²) in [5, 5.41) is 9.83. The number of benzene rings is 2. The second kappa shape index (κ2) is 10.1. The highest BCUT2D eigenvalue weighted by molar-refractivity contribution is 5.98. The van der Waals surface area contributed by atoms with Crippen LogP contribution in [0.4, 0.5) is 5.69 Å². The lowest BCUT2D eigenvalue weighted by Gasteiger charge is -2.38. The van der Waals surface area contributed by atoms with Crippen LogP contribution in [0.25, 0.3) is 0 Å². The van der Waals surface area contributed by atoms with Gasteiger partial charge in [-0.15, -0.1) is 0 Å². The molecule has 0 unspecified atom stereocenters. The number of hydrogen-bond acceptors (Lipinski definition) is 7. The highest BCUT2D eigenvalue weighted by Crippen LogP contribution is 2.34. The molecule has 0 saturated heterocycles. The minimum atomic E-state index is -0.282. The van der Waals surface area contributed by atoms with Crippen molar-refractivity contribution in [3.63, 3.8) is 0 Å². The fraction of sp³-hybridized carbons (Fsp3) is 0.500. The van der Waals surface area contributed by atoms with Gasteiger partial charge in [-0.2, -0.15) is 0 Å². The van der Waals surface area contributed by atoms with E-state index < -0.39 is 0 Å². The Hall–Kier alpha value is -2.97. The minimum Gasteiger partial charge on any atom is -0.488 e. The number of carbonyl (C=O) groups is 1. The Kier molecular flexibility index (Phi) is 7.19. The van der Waals surface area contributed by atoms with Crippen molar-refractivity contribution < 1.29 is 24.1 Å². The van der Waals surface area contributed by atoms with Gasteiger partial charge in [-0.1, -0.05) is 13.0 Å². The molecule has 0 spiro atoms. The first-order valence-corrected chi connectivity index (χ1v) is 11.7. The van der Waals surface area contributed by atoms with E-state index in [1.165, 1.54) is 0 Å². The number of hydrogen-bond donors (Lipinski definition) is 1. The summed E-state index contributed by atoms with van der Waals surface area (Å²) in [6, 6.07) is 11.4. The van der Waals surface area contributed by atoms with E-state index in [2.05, 4.69) is 18.9 Å². The number of amides is 1. The Bertz CT molecular complexity index is 1030. The quantitative estimate of drug-likeness (QED) is 0.668. The minimum absolute atomic E-state index is 0.0684. The largest absolute Gasteiger partial charge is 0.488 e. The van der Waals surface area contributed by atoms with Gasteiger partial charge < -0.3 is 29.1 Å². The molecule has 34 heavy (non-hydrogen) atoms. The fourth-order valence-corrected chi connectivity index (χ4v) is 4.43. The molecule has 3 atom stereocenters. The fourth-order valence-electron chi connectivity index (χ4n) is 4.43. The van der Waals surface area contributed by atoms with E-state index in [1.807, 2.05) is 62.3 Å². The molecule has 2 aliphatic heterocycles. The molecule has 184 valence electrons. The summed E-state index contributed by atoms with van der Waals surface area (Å²) in [5.41, 5.74) is 2.59. The molecule has 0 fully saturated rings. The van der Waals surface area contributed by atoms with Gasteiger partial charge in [0.05, 0.1) is 18.2 Å². The maximum Gasteiger partial charge on any atom is 0.258 e. The molecule has 0 radical (unpaired) electrons. The van der Waals surface area contributed by atoms with Crippen LogP contribution in [0.1, 0.15) is 29.8 Å². The Balaban J connectivity index is 1.57. The summed E-state index contributed by atoms with van der Waals surface area (Å²) in [6.07, 6.45) is -0.135. The van der Waals surface area contributed by atoms with Crippen molar-refractivity contribution in [2.45, 2.75) is 32.5 Å². The molecule has 0 bridgehead atoms. The third-order valence-corrected chi connectivity index (χ3v) is 6.55. The van der Waals surface area contributed by atoms with Crippen molar-refractivity contribution >= 4 is 11.6 Å². The first-order chi connectivity index (χ1) is 16.3. The van der Waals surface area contributed by atoms with E-state index in [0.717, 1.165) is 29.3 Å². The van der Waals surface area contributed by atoms with Crippen LogP contribution in [0, 0.1) is 5.92 Å². The second-order valence-corrected chi connectivity index (χ2v) is 9.58. The number of anilines is 1. The standard InChI is InChI=1S/C26H35N3O5/c1-17-12-29(18(2)15-30)26(31)21-11-20(27(3)4)7-9-22(21)34-25(17)14-28(5)13-19-6-8-23-24(10-19)33-16-32-23/h6-11,17-18,25,30H,12-16H2,1-5H3/t17-,18-,25+/m1/s1. The molecule has 2 heterocycles. The summed E-state index contributed by atoms with van der Waals surface area (Å²) in [4.78, 5) is 19.4. The van der Waals surface area contributed by atoms with E-state index in [-0.39, 0.29) is 37.4 Å². The molecule has 0 saturated carbocycles. The lowest BCUT2D eigenvalue weighted by atomic mass is 9.99. The molecule has 0 aliphatic carbocycles. The Morgan fingerprint density at radius 2 is 1.82 bits per heavy atom. The van der Waals surface area contributed by atoms with E-state index in [9.17, 15) is 9.90 Å². The van der Waals surface area contributed by atoms with Crippen molar-refractivity contribution in [2.75, 3.05) is 52.5 Å². The first kappa shape index (κ1) is 24.2. The van der Waals surface area contributed by atoms with Crippen molar-refractivity contribution in [3.05, 3.63) is 47.5 Å². The number of nitrogens with zero attached hydrogens (tertiary/aromatic N) is 3. The zero-order chi connectivity index (χ0) is 24.4. The van der Waals surface area contributed by atoms with Crippen molar-refractivity contribution in [1.82, 2.24) is 9.80 Å². The summed E-state index contributed by atoms with van der Waals surface area (Å²) < 4.78 is 17.4. The third kappa shape index (κ3) is 5.08. The van der Waals surface area contributed by atoms with E-state index >= 15 is 0 Å². The van der Waals surface area contributed by atoms with Crippen molar-refractivity contribution in [2.24, 2.45) is 5.92 Å². The summed E-state index contributed by atoms with van der Waals surface area (Å²) in [5.74, 6) is 2.09. The van der Waals surface area contributed by atoms with Gasteiger partial charge >= 0.3 is 0 Å². The molecule has 2 aliphatic rings. The van der Waals surface area contributed by atoms with Crippen LogP contribution in [0.5, 0.6) is 17.2 Å². The van der Waals surface area contributed by atoms with Crippen LogP contribution >= 0.6 is 0 Å². The highest BCUT2D eigenvalue weighted by Gasteiger charge is 2.33. The van der Waals surface area contributed by atoms with Crippen LogP contribution in [-0.2, 0) is 6.54 Å². The second-order valence-electron chi connectivity index (χ2n) is 9.58. The van der Waals surface area contributed by atoms with Crippen LogP contribution in [0.3, 0.4) is 0 Å². The van der Waals surface area contributed by atoms with Gasteiger partial charge in [0, 0.05) is 45.3 Å². The Morgan fingerprint density at radius 3 is 2.56 bits per heavy atom. The molecule has 4 rings (SSSR count). The van der Waals surface area contributed by atoms with Crippen LogP contribution < -0.4 is 19.1 Å². The maximum absolute atomic E-state index is 13.5. The Morgan fingerprint density at radius 1 is 1.09 bits per heavy atom. The van der Waals surface area contributed by atoms with E-state index in [0.29, 0.717) is 24.4 Å². The lowest BCUT2D eigenvalue weighted by Crippen LogP contribution is -2.49. The molecular formula is C26H35N3O5. The van der Waals surface area contributed by atoms with Crippen LogP contribution in [0.2, 0.25) is 0 Å². The van der Waals surface area contributed by atoms with E-state index in [4.69, 9.17) is 14.2 Å². The number of rotatable bonds is 7. The topological polar surface area (TPSA) is 74.7 Å². The van der Waals surface area contributed by atoms with Gasteiger partial charge in [0.1, 0.15) is 11.9 Å². The van der Waals surface area contributed by atoms with Gasteiger partial charge in [-0.3, -0.25) is 9.69 Å². The van der Waals surface area contributed by atoms with Gasteiger partial charge in [0.2, 0.25) is 6.79 Å². The SMILES string of the molecule is C[C@@H]1CN([C@H](C)CO)C(=O)c2cc(N(C)C)ccc2O[C@H]1CN(C)Cc1ccc2c(c1)OCO2. The van der Waals surface area contributed by atoms with Crippen LogP contribution in [0.15, 0.2) is 36.4 Å². The highest BCUT2D eigenvalue weighted by atomic mass is 16.7. The monoisotopic (exact) mass is 469 g/mol. The normalized spacial score (nSPS) is 20.4. The molecule has 2 aromatic carbocycles. The van der Waals surface area contributed by atoms with E-state index in [1.54, 1.807) is 4.90 Å². The maximum atomic E-state index is 13.5. The predicted molar refractivity (Wildman–Crippen MR) is 131 cm³/mol. The number of ether oxygens (including phenoxy) is 3. The van der Waals surface area contributed by atoms with Crippen molar-refractivity contribution in [1.29, 1.82) is 0 Å². The summed E-state index contributed by atoms with van der Waals surface area (Å²) >= 11 is 0. The zero-order valence-corrected chi connectivity index (χ0v) is 20.7. The van der Waals surface area contributed by atoms with Gasteiger partial charge in [-0.25, -0.2) is 0 Å². The zero-order valence-electron chi connectivity index (χ0n) is 20.7. The average Bonchev–Trinajstić information content (AvgIpc) is 3.28. The number of fused-ring (bicyclic) bond motifs is 2. The molecule has 8 heteroatoms. The molecule has 1 amide bonds. The summed E-state index contributed by atoms with van der Waals surface area (Å²) in [7, 11) is 5.95. The number of aliphatic hydroxyl groups excluding tert-OH is 1. The third-order valence-electron chi connectivity index (χ3n) is 6.55. The average molecular weight is 470 g/mol. The predicted octanol–water partition coefficient (Wildman–Crippen LogP) is 2.83. The molecular weight excluding hydrogens is 434 g/mol.